The Labute approximate surface area is 129 Å². The van der Waals surface area contributed by atoms with Gasteiger partial charge in [-0.3, -0.25) is 0 Å². The van der Waals surface area contributed by atoms with E-state index in [1.165, 1.54) is 17.8 Å². The predicted octanol–water partition coefficient (Wildman–Crippen LogP) is 3.94. The molecule has 1 aliphatic rings. The molecule has 1 aromatic carbocycles. The first kappa shape index (κ1) is 13.3. The molecule has 0 saturated carbocycles. The Balaban J connectivity index is 1.62. The molecular weight excluding hydrogens is 272 g/mol. The van der Waals surface area contributed by atoms with Gasteiger partial charge in [-0.2, -0.15) is 0 Å². The second-order valence-electron chi connectivity index (χ2n) is 6.10. The van der Waals surface area contributed by atoms with Crippen LogP contribution in [0.5, 0.6) is 0 Å². The first-order valence-corrected chi connectivity index (χ1v) is 7.91. The average molecular weight is 292 g/mol. The largest absolute Gasteiger partial charge is 0.340 e. The van der Waals surface area contributed by atoms with Crippen molar-refractivity contribution >= 4 is 11.0 Å². The van der Waals surface area contributed by atoms with E-state index in [9.17, 15) is 0 Å². The maximum absolute atomic E-state index is 4.70. The summed E-state index contributed by atoms with van der Waals surface area (Å²) in [6.07, 6.45) is 11.9. The maximum atomic E-state index is 4.70. The first-order valence-electron chi connectivity index (χ1n) is 7.91. The van der Waals surface area contributed by atoms with Gasteiger partial charge in [-0.1, -0.05) is 18.2 Å². The van der Waals surface area contributed by atoms with Crippen molar-refractivity contribution in [2.75, 3.05) is 0 Å². The van der Waals surface area contributed by atoms with Crippen LogP contribution >= 0.6 is 0 Å². The summed E-state index contributed by atoms with van der Waals surface area (Å²) in [4.78, 5) is 12.7. The molecule has 2 aromatic heterocycles. The topological polar surface area (TPSA) is 46.5 Å². The fourth-order valence-electron chi connectivity index (χ4n) is 3.25. The number of aromatic amines is 1. The van der Waals surface area contributed by atoms with Crippen LogP contribution in [-0.4, -0.2) is 19.5 Å². The van der Waals surface area contributed by atoms with E-state index in [2.05, 4.69) is 58.0 Å². The number of imidazole rings is 2. The van der Waals surface area contributed by atoms with E-state index in [1.807, 2.05) is 6.20 Å². The summed E-state index contributed by atoms with van der Waals surface area (Å²) in [5.41, 5.74) is 3.39. The van der Waals surface area contributed by atoms with Crippen molar-refractivity contribution in [2.24, 2.45) is 0 Å². The summed E-state index contributed by atoms with van der Waals surface area (Å²) in [5.74, 6) is 2.71. The summed E-state index contributed by atoms with van der Waals surface area (Å²) in [6.45, 7) is 2.85. The monoisotopic (exact) mass is 292 g/mol. The molecule has 3 aromatic rings. The third kappa shape index (κ3) is 2.45. The van der Waals surface area contributed by atoms with Crippen molar-refractivity contribution < 1.29 is 0 Å². The number of hydrogen-bond donors (Lipinski definition) is 1. The summed E-state index contributed by atoms with van der Waals surface area (Å²) in [5, 5.41) is 0. The normalized spacial score (nSPS) is 18.1. The number of hydrogen-bond acceptors (Lipinski definition) is 2. The summed E-state index contributed by atoms with van der Waals surface area (Å²) in [6, 6.07) is 6.32. The minimum atomic E-state index is 0.534. The van der Waals surface area contributed by atoms with Crippen molar-refractivity contribution in [1.29, 1.82) is 0 Å². The van der Waals surface area contributed by atoms with Crippen molar-refractivity contribution in [2.45, 2.75) is 38.6 Å². The van der Waals surface area contributed by atoms with Gasteiger partial charge in [0, 0.05) is 18.3 Å². The van der Waals surface area contributed by atoms with Gasteiger partial charge in [-0.25, -0.2) is 9.97 Å². The lowest BCUT2D eigenvalue weighted by molar-refractivity contribution is 0.546. The molecule has 0 radical (unpaired) electrons. The number of aryl methyl sites for hydroxylation is 1. The minimum Gasteiger partial charge on any atom is -0.340 e. The molecule has 0 bridgehead atoms. The molecule has 1 unspecified atom stereocenters. The molecule has 4 heteroatoms. The quantitative estimate of drug-likeness (QED) is 0.743. The van der Waals surface area contributed by atoms with E-state index in [-0.39, 0.29) is 0 Å². The van der Waals surface area contributed by atoms with Crippen molar-refractivity contribution in [1.82, 2.24) is 19.5 Å². The van der Waals surface area contributed by atoms with E-state index >= 15 is 0 Å². The van der Waals surface area contributed by atoms with Crippen LogP contribution in [-0.2, 0) is 6.54 Å². The number of nitrogens with zero attached hydrogens (tertiary/aromatic N) is 3. The molecule has 4 rings (SSSR count). The standard InChI is InChI=1S/C18H20N4/c1-13-7-8-15-16(11-13)21-17(20-15)12-22-10-9-19-18(22)14-5-3-2-4-6-14/h2-3,7-11,14H,4-6,12H2,1H3,(H,20,21). The highest BCUT2D eigenvalue weighted by Gasteiger charge is 2.18. The molecule has 0 spiro atoms. The molecule has 0 fully saturated rings. The van der Waals surface area contributed by atoms with Gasteiger partial charge in [0.25, 0.3) is 0 Å². The average Bonchev–Trinajstić information content (AvgIpc) is 3.14. The van der Waals surface area contributed by atoms with Crippen LogP contribution < -0.4 is 0 Å². The van der Waals surface area contributed by atoms with Gasteiger partial charge < -0.3 is 9.55 Å². The molecule has 0 amide bonds. The summed E-state index contributed by atoms with van der Waals surface area (Å²) in [7, 11) is 0. The van der Waals surface area contributed by atoms with Gasteiger partial charge in [-0.05, 0) is 43.9 Å². The highest BCUT2D eigenvalue weighted by Crippen LogP contribution is 2.28. The first-order chi connectivity index (χ1) is 10.8. The number of allylic oxidation sites excluding steroid dienone is 2. The Morgan fingerprint density at radius 2 is 2.27 bits per heavy atom. The van der Waals surface area contributed by atoms with E-state index in [0.717, 1.165) is 36.2 Å². The second kappa shape index (κ2) is 5.44. The van der Waals surface area contributed by atoms with Crippen LogP contribution in [0.4, 0.5) is 0 Å². The zero-order valence-electron chi connectivity index (χ0n) is 12.8. The highest BCUT2D eigenvalue weighted by atomic mass is 15.1. The van der Waals surface area contributed by atoms with E-state index in [4.69, 9.17) is 4.98 Å². The van der Waals surface area contributed by atoms with Crippen LogP contribution in [0.25, 0.3) is 11.0 Å². The lowest BCUT2D eigenvalue weighted by atomic mass is 9.94. The van der Waals surface area contributed by atoms with Gasteiger partial charge in [0.15, 0.2) is 0 Å². The van der Waals surface area contributed by atoms with Crippen LogP contribution in [0, 0.1) is 6.92 Å². The number of rotatable bonds is 3. The fourth-order valence-corrected chi connectivity index (χ4v) is 3.25. The molecule has 2 heterocycles. The number of nitrogens with one attached hydrogen (secondary N) is 1. The lowest BCUT2D eigenvalue weighted by Gasteiger charge is -2.18. The lowest BCUT2D eigenvalue weighted by Crippen LogP contribution is -2.11. The molecule has 1 N–H and O–H groups in total. The Morgan fingerprint density at radius 1 is 1.32 bits per heavy atom. The number of H-pyrrole nitrogens is 1. The molecule has 112 valence electrons. The van der Waals surface area contributed by atoms with Crippen LogP contribution in [0.3, 0.4) is 0 Å². The molecule has 0 saturated heterocycles. The Kier molecular flexibility index (Phi) is 3.29. The third-order valence-electron chi connectivity index (χ3n) is 4.39. The smallest absolute Gasteiger partial charge is 0.127 e. The van der Waals surface area contributed by atoms with E-state index in [1.54, 1.807) is 0 Å². The van der Waals surface area contributed by atoms with Gasteiger partial charge in [0.2, 0.25) is 0 Å². The second-order valence-corrected chi connectivity index (χ2v) is 6.10. The Hall–Kier alpha value is -2.36. The highest BCUT2D eigenvalue weighted by molar-refractivity contribution is 5.75. The molecule has 4 nitrogen and oxygen atoms in total. The number of benzene rings is 1. The summed E-state index contributed by atoms with van der Waals surface area (Å²) >= 11 is 0. The zero-order chi connectivity index (χ0) is 14.9. The minimum absolute atomic E-state index is 0.534. The molecule has 22 heavy (non-hydrogen) atoms. The van der Waals surface area contributed by atoms with Gasteiger partial charge in [0.05, 0.1) is 17.6 Å². The van der Waals surface area contributed by atoms with Gasteiger partial charge >= 0.3 is 0 Å². The van der Waals surface area contributed by atoms with Crippen LogP contribution in [0.1, 0.15) is 42.4 Å². The van der Waals surface area contributed by atoms with E-state index < -0.39 is 0 Å². The van der Waals surface area contributed by atoms with E-state index in [0.29, 0.717) is 5.92 Å². The molecule has 1 atom stereocenters. The van der Waals surface area contributed by atoms with Crippen molar-refractivity contribution in [3.63, 3.8) is 0 Å². The van der Waals surface area contributed by atoms with Crippen LogP contribution in [0.2, 0.25) is 0 Å². The van der Waals surface area contributed by atoms with Crippen LogP contribution in [0.15, 0.2) is 42.7 Å². The Bertz CT molecular complexity index is 825. The van der Waals surface area contributed by atoms with Crippen molar-refractivity contribution in [3.8, 4) is 0 Å². The summed E-state index contributed by atoms with van der Waals surface area (Å²) < 4.78 is 2.23. The molecule has 1 aliphatic carbocycles. The molecular formula is C18H20N4. The molecule has 0 aliphatic heterocycles. The van der Waals surface area contributed by atoms with Gasteiger partial charge in [0.1, 0.15) is 11.6 Å². The van der Waals surface area contributed by atoms with Crippen molar-refractivity contribution in [3.05, 3.63) is 60.0 Å². The maximum Gasteiger partial charge on any atom is 0.127 e. The zero-order valence-corrected chi connectivity index (χ0v) is 12.8. The number of aromatic nitrogens is 4. The third-order valence-corrected chi connectivity index (χ3v) is 4.39. The predicted molar refractivity (Wildman–Crippen MR) is 87.9 cm³/mol. The van der Waals surface area contributed by atoms with Gasteiger partial charge in [-0.15, -0.1) is 0 Å². The Morgan fingerprint density at radius 3 is 3.14 bits per heavy atom. The fraction of sp³-hybridized carbons (Fsp3) is 0.333. The number of fused-ring (bicyclic) bond motifs is 1. The SMILES string of the molecule is Cc1ccc2nc(Cn3ccnc3C3CC=CCC3)[nH]c2c1.